The van der Waals surface area contributed by atoms with Gasteiger partial charge in [0.25, 0.3) is 0 Å². The van der Waals surface area contributed by atoms with Crippen LogP contribution in [0.3, 0.4) is 0 Å². The molecule has 1 aromatic carbocycles. The predicted octanol–water partition coefficient (Wildman–Crippen LogP) is 4.14. The van der Waals surface area contributed by atoms with Gasteiger partial charge in [-0.05, 0) is 43.7 Å². The molecule has 7 heteroatoms. The van der Waals surface area contributed by atoms with Crippen LogP contribution in [0.5, 0.6) is 0 Å². The van der Waals surface area contributed by atoms with E-state index in [9.17, 15) is 9.90 Å². The number of hydrogen-bond acceptors (Lipinski definition) is 5. The first-order valence-corrected chi connectivity index (χ1v) is 9.85. The Balaban J connectivity index is 1.81. The summed E-state index contributed by atoms with van der Waals surface area (Å²) >= 11 is 1.76. The van der Waals surface area contributed by atoms with Crippen LogP contribution in [0.25, 0.3) is 27.3 Å². The minimum atomic E-state index is -0.980. The number of benzene rings is 1. The molecule has 1 aliphatic carbocycles. The summed E-state index contributed by atoms with van der Waals surface area (Å²) in [5, 5.41) is 15.2. The first kappa shape index (κ1) is 16.4. The number of nitrogens with zero attached hydrogens (tertiary/aromatic N) is 4. The lowest BCUT2D eigenvalue weighted by molar-refractivity contribution is 0.0697. The number of carbonyl (C=O) groups is 1. The van der Waals surface area contributed by atoms with Crippen molar-refractivity contribution >= 4 is 33.2 Å². The maximum atomic E-state index is 11.6. The quantitative estimate of drug-likeness (QED) is 0.567. The van der Waals surface area contributed by atoms with Crippen molar-refractivity contribution < 1.29 is 9.90 Å². The van der Waals surface area contributed by atoms with Crippen molar-refractivity contribution in [1.82, 2.24) is 19.6 Å². The summed E-state index contributed by atoms with van der Waals surface area (Å²) in [6.45, 7) is 4.19. The lowest BCUT2D eigenvalue weighted by Crippen LogP contribution is -2.09. The van der Waals surface area contributed by atoms with E-state index >= 15 is 0 Å². The molecule has 0 radical (unpaired) electrons. The first-order valence-electron chi connectivity index (χ1n) is 9.03. The lowest BCUT2D eigenvalue weighted by atomic mass is 9.89. The zero-order valence-corrected chi connectivity index (χ0v) is 15.9. The van der Waals surface area contributed by atoms with E-state index < -0.39 is 5.97 Å². The number of carboxylic acid groups (broad SMARTS) is 1. The molecule has 1 atom stereocenters. The fourth-order valence-corrected chi connectivity index (χ4v) is 5.18. The van der Waals surface area contributed by atoms with Gasteiger partial charge >= 0.3 is 5.97 Å². The van der Waals surface area contributed by atoms with Crippen LogP contribution in [-0.2, 0) is 12.8 Å². The van der Waals surface area contributed by atoms with Gasteiger partial charge in [0.05, 0.1) is 10.9 Å². The molecule has 0 saturated carbocycles. The van der Waals surface area contributed by atoms with Crippen molar-refractivity contribution in [3.63, 3.8) is 0 Å². The van der Waals surface area contributed by atoms with Crippen molar-refractivity contribution in [2.45, 2.75) is 33.1 Å². The van der Waals surface area contributed by atoms with E-state index in [1.54, 1.807) is 34.1 Å². The molecule has 0 saturated heterocycles. The van der Waals surface area contributed by atoms with Crippen LogP contribution in [-0.4, -0.2) is 30.7 Å². The molecule has 0 spiro atoms. The van der Waals surface area contributed by atoms with E-state index in [0.29, 0.717) is 17.3 Å². The number of thiophene rings is 1. The number of hydrogen-bond donors (Lipinski definition) is 1. The second-order valence-corrected chi connectivity index (χ2v) is 8.30. The van der Waals surface area contributed by atoms with Crippen LogP contribution < -0.4 is 0 Å². The number of aromatic nitrogens is 4. The summed E-state index contributed by atoms with van der Waals surface area (Å²) in [6.07, 6.45) is 3.33. The fourth-order valence-electron chi connectivity index (χ4n) is 3.93. The molecule has 136 valence electrons. The molecule has 1 aliphatic rings. The Labute approximate surface area is 159 Å². The summed E-state index contributed by atoms with van der Waals surface area (Å²) in [5.41, 5.74) is 2.85. The average molecular weight is 378 g/mol. The van der Waals surface area contributed by atoms with E-state index in [0.717, 1.165) is 34.5 Å². The second-order valence-electron chi connectivity index (χ2n) is 7.21. The van der Waals surface area contributed by atoms with Crippen LogP contribution in [0.4, 0.5) is 0 Å². The smallest absolute Gasteiger partial charge is 0.336 e. The molecule has 0 bridgehead atoms. The third-order valence-corrected chi connectivity index (χ3v) is 6.47. The van der Waals surface area contributed by atoms with Gasteiger partial charge in [-0.1, -0.05) is 25.1 Å². The van der Waals surface area contributed by atoms with E-state index in [1.807, 2.05) is 13.0 Å². The SMILES string of the molecule is Cc1nc2sc3c(c2c2nc(-c4ccccc4C(=O)O)nn12)C[C@H](C)CC3. The van der Waals surface area contributed by atoms with Gasteiger partial charge in [-0.3, -0.25) is 0 Å². The maximum Gasteiger partial charge on any atom is 0.336 e. The lowest BCUT2D eigenvalue weighted by Gasteiger charge is -2.17. The molecule has 0 unspecified atom stereocenters. The Bertz CT molecular complexity index is 1220. The zero-order chi connectivity index (χ0) is 18.7. The number of aromatic carboxylic acids is 1. The maximum absolute atomic E-state index is 11.6. The third kappa shape index (κ3) is 2.45. The van der Waals surface area contributed by atoms with Gasteiger partial charge in [0.2, 0.25) is 0 Å². The Morgan fingerprint density at radius 1 is 1.30 bits per heavy atom. The van der Waals surface area contributed by atoms with E-state index in [1.165, 1.54) is 16.9 Å². The van der Waals surface area contributed by atoms with Crippen molar-refractivity contribution in [3.8, 4) is 11.4 Å². The zero-order valence-electron chi connectivity index (χ0n) is 15.1. The van der Waals surface area contributed by atoms with Crippen molar-refractivity contribution in [3.05, 3.63) is 46.1 Å². The average Bonchev–Trinajstić information content (AvgIpc) is 3.23. The van der Waals surface area contributed by atoms with Gasteiger partial charge in [0.1, 0.15) is 10.7 Å². The molecule has 3 heterocycles. The Morgan fingerprint density at radius 2 is 2.11 bits per heavy atom. The molecule has 6 nitrogen and oxygen atoms in total. The monoisotopic (exact) mass is 378 g/mol. The van der Waals surface area contributed by atoms with Gasteiger partial charge in [-0.25, -0.2) is 14.8 Å². The second kappa shape index (κ2) is 5.85. The molecule has 3 aromatic heterocycles. The Kier molecular flexibility index (Phi) is 3.55. The topological polar surface area (TPSA) is 80.4 Å². The van der Waals surface area contributed by atoms with Crippen molar-refractivity contribution in [2.75, 3.05) is 0 Å². The summed E-state index contributed by atoms with van der Waals surface area (Å²) in [7, 11) is 0. The largest absolute Gasteiger partial charge is 0.478 e. The molecular formula is C20H18N4O2S. The van der Waals surface area contributed by atoms with Gasteiger partial charge in [-0.2, -0.15) is 4.52 Å². The molecule has 5 rings (SSSR count). The summed E-state index contributed by atoms with van der Waals surface area (Å²) in [5.74, 6) is 0.850. The van der Waals surface area contributed by atoms with E-state index in [2.05, 4.69) is 12.0 Å². The summed E-state index contributed by atoms with van der Waals surface area (Å²) in [6, 6.07) is 6.86. The molecule has 1 N–H and O–H groups in total. The Morgan fingerprint density at radius 3 is 2.93 bits per heavy atom. The van der Waals surface area contributed by atoms with E-state index in [4.69, 9.17) is 9.97 Å². The summed E-state index contributed by atoms with van der Waals surface area (Å²) < 4.78 is 1.75. The van der Waals surface area contributed by atoms with Crippen molar-refractivity contribution in [1.29, 1.82) is 0 Å². The van der Waals surface area contributed by atoms with Crippen LogP contribution in [0, 0.1) is 12.8 Å². The molecule has 4 aromatic rings. The highest BCUT2D eigenvalue weighted by Crippen LogP contribution is 2.39. The van der Waals surface area contributed by atoms with Gasteiger partial charge < -0.3 is 5.11 Å². The third-order valence-electron chi connectivity index (χ3n) is 5.29. The minimum Gasteiger partial charge on any atom is -0.478 e. The molecular weight excluding hydrogens is 360 g/mol. The highest BCUT2D eigenvalue weighted by Gasteiger charge is 2.25. The number of aryl methyl sites for hydroxylation is 2. The van der Waals surface area contributed by atoms with Crippen LogP contribution in [0.2, 0.25) is 0 Å². The number of rotatable bonds is 2. The van der Waals surface area contributed by atoms with Gasteiger partial charge in [-0.15, -0.1) is 16.4 Å². The van der Waals surface area contributed by atoms with Crippen LogP contribution >= 0.6 is 11.3 Å². The Hall–Kier alpha value is -2.80. The minimum absolute atomic E-state index is 0.205. The molecule has 0 fully saturated rings. The van der Waals surface area contributed by atoms with Crippen molar-refractivity contribution in [2.24, 2.45) is 5.92 Å². The molecule has 0 amide bonds. The number of carboxylic acids is 1. The molecule has 0 aliphatic heterocycles. The number of fused-ring (bicyclic) bond motifs is 5. The van der Waals surface area contributed by atoms with Gasteiger partial charge in [0, 0.05) is 10.4 Å². The predicted molar refractivity (Wildman–Crippen MR) is 104 cm³/mol. The standard InChI is InChI=1S/C20H18N4O2S/c1-10-7-8-15-14(9-10)16-18-22-17(12-5-3-4-6-13(12)20(25)26)23-24(18)11(2)21-19(16)27-15/h3-6,10H,7-9H2,1-2H3,(H,25,26)/t10-/m1/s1. The first-order chi connectivity index (χ1) is 13.0. The van der Waals surface area contributed by atoms with E-state index in [-0.39, 0.29) is 5.56 Å². The normalized spacial score (nSPS) is 16.7. The molecule has 27 heavy (non-hydrogen) atoms. The van der Waals surface area contributed by atoms with Gasteiger partial charge in [0.15, 0.2) is 11.5 Å². The highest BCUT2D eigenvalue weighted by atomic mass is 32.1. The summed E-state index contributed by atoms with van der Waals surface area (Å²) in [4.78, 5) is 23.5. The fraction of sp³-hybridized carbons (Fsp3) is 0.300. The highest BCUT2D eigenvalue weighted by molar-refractivity contribution is 7.19. The van der Waals surface area contributed by atoms with Crippen LogP contribution in [0.1, 0.15) is 40.0 Å². The van der Waals surface area contributed by atoms with Crippen LogP contribution in [0.15, 0.2) is 24.3 Å².